The first-order chi connectivity index (χ1) is 15.7. The number of benzene rings is 2. The molecule has 1 aliphatic rings. The van der Waals surface area contributed by atoms with Gasteiger partial charge in [0, 0.05) is 37.8 Å². The minimum atomic E-state index is -0.178. The highest BCUT2D eigenvalue weighted by molar-refractivity contribution is 5.89. The van der Waals surface area contributed by atoms with Crippen LogP contribution in [0.4, 0.5) is 10.5 Å². The van der Waals surface area contributed by atoms with Crippen molar-refractivity contribution in [2.45, 2.75) is 25.5 Å². The third-order valence-electron chi connectivity index (χ3n) is 5.23. The monoisotopic (exact) mass is 433 g/mol. The van der Waals surface area contributed by atoms with E-state index in [0.29, 0.717) is 36.0 Å². The average molecular weight is 434 g/mol. The smallest absolute Gasteiger partial charge is 0.322 e. The summed E-state index contributed by atoms with van der Waals surface area (Å²) in [5.41, 5.74) is 1.66. The molecular weight excluding hydrogens is 406 g/mol. The van der Waals surface area contributed by atoms with Gasteiger partial charge in [-0.1, -0.05) is 18.2 Å². The fraction of sp³-hybridized carbons (Fsp3) is 0.280. The van der Waals surface area contributed by atoms with Crippen molar-refractivity contribution < 1.29 is 19.0 Å². The van der Waals surface area contributed by atoms with E-state index in [9.17, 15) is 4.79 Å². The summed E-state index contributed by atoms with van der Waals surface area (Å²) in [6.07, 6.45) is 5.56. The van der Waals surface area contributed by atoms with E-state index in [2.05, 4.69) is 10.3 Å². The number of hydrogen-bond donors (Lipinski definition) is 1. The summed E-state index contributed by atoms with van der Waals surface area (Å²) < 4.78 is 17.0. The number of anilines is 1. The first kappa shape index (κ1) is 21.6. The van der Waals surface area contributed by atoms with Gasteiger partial charge in [0.25, 0.3) is 0 Å². The number of hydrogen-bond acceptors (Lipinski definition) is 5. The van der Waals surface area contributed by atoms with Crippen LogP contribution in [-0.4, -0.2) is 42.3 Å². The number of nitrogens with zero attached hydrogens (tertiary/aromatic N) is 2. The Hall–Kier alpha value is -3.58. The Bertz CT molecular complexity index is 1010. The predicted molar refractivity (Wildman–Crippen MR) is 122 cm³/mol. The molecule has 0 aliphatic carbocycles. The molecule has 2 heterocycles. The maximum atomic E-state index is 13.1. The van der Waals surface area contributed by atoms with Crippen LogP contribution in [0.3, 0.4) is 0 Å². The summed E-state index contributed by atoms with van der Waals surface area (Å²) in [5, 5.41) is 2.98. The number of carbonyl (C=O) groups excluding carboxylic acids is 1. The van der Waals surface area contributed by atoms with Gasteiger partial charge in [0.2, 0.25) is 0 Å². The summed E-state index contributed by atoms with van der Waals surface area (Å²) in [7, 11) is 1.61. The van der Waals surface area contributed by atoms with Crippen LogP contribution in [0.1, 0.15) is 18.4 Å². The number of ether oxygens (including phenoxy) is 3. The Morgan fingerprint density at radius 1 is 1.12 bits per heavy atom. The summed E-state index contributed by atoms with van der Waals surface area (Å²) in [6.45, 7) is 1.75. The van der Waals surface area contributed by atoms with Crippen molar-refractivity contribution in [3.05, 3.63) is 78.6 Å². The SMILES string of the molecule is COc1ccccc1Oc1ccc(NC(=O)N(Cc2cccnc2)C[C@@H]2CCCO2)cc1. The van der Waals surface area contributed by atoms with Gasteiger partial charge in [-0.15, -0.1) is 0 Å². The highest BCUT2D eigenvalue weighted by atomic mass is 16.5. The topological polar surface area (TPSA) is 72.9 Å². The molecule has 0 bridgehead atoms. The average Bonchev–Trinajstić information content (AvgIpc) is 3.34. The molecule has 0 saturated carbocycles. The minimum absolute atomic E-state index is 0.0639. The molecule has 3 aromatic rings. The summed E-state index contributed by atoms with van der Waals surface area (Å²) >= 11 is 0. The predicted octanol–water partition coefficient (Wildman–Crippen LogP) is 5.10. The van der Waals surface area contributed by atoms with Crippen molar-refractivity contribution in [1.82, 2.24) is 9.88 Å². The van der Waals surface area contributed by atoms with Crippen LogP contribution in [0.15, 0.2) is 73.1 Å². The first-order valence-corrected chi connectivity index (χ1v) is 10.7. The van der Waals surface area contributed by atoms with Crippen LogP contribution in [0.5, 0.6) is 17.2 Å². The van der Waals surface area contributed by atoms with Crippen molar-refractivity contribution in [1.29, 1.82) is 0 Å². The Labute approximate surface area is 187 Å². The van der Waals surface area contributed by atoms with Gasteiger partial charge < -0.3 is 24.4 Å². The number of pyridine rings is 1. The number of urea groups is 1. The summed E-state index contributed by atoms with van der Waals surface area (Å²) in [6, 6.07) is 18.4. The molecule has 1 aromatic heterocycles. The van der Waals surface area contributed by atoms with Gasteiger partial charge in [-0.2, -0.15) is 0 Å². The van der Waals surface area contributed by atoms with E-state index < -0.39 is 0 Å². The zero-order valence-corrected chi connectivity index (χ0v) is 18.1. The van der Waals surface area contributed by atoms with Crippen molar-refractivity contribution in [3.8, 4) is 17.2 Å². The number of para-hydroxylation sites is 2. The summed E-state index contributed by atoms with van der Waals surface area (Å²) in [5.74, 6) is 1.94. The molecule has 2 amide bonds. The lowest BCUT2D eigenvalue weighted by Gasteiger charge is -2.26. The molecule has 1 fully saturated rings. The van der Waals surface area contributed by atoms with Gasteiger partial charge in [-0.05, 0) is 60.9 Å². The lowest BCUT2D eigenvalue weighted by Crippen LogP contribution is -2.39. The van der Waals surface area contributed by atoms with Gasteiger partial charge in [0.15, 0.2) is 11.5 Å². The van der Waals surface area contributed by atoms with Crippen LogP contribution in [0.25, 0.3) is 0 Å². The van der Waals surface area contributed by atoms with E-state index in [1.165, 1.54) is 0 Å². The first-order valence-electron chi connectivity index (χ1n) is 10.7. The number of amides is 2. The molecule has 7 nitrogen and oxygen atoms in total. The zero-order chi connectivity index (χ0) is 22.2. The fourth-order valence-corrected chi connectivity index (χ4v) is 3.60. The van der Waals surface area contributed by atoms with E-state index in [-0.39, 0.29) is 12.1 Å². The maximum absolute atomic E-state index is 13.1. The van der Waals surface area contributed by atoms with Crippen molar-refractivity contribution in [2.75, 3.05) is 25.6 Å². The van der Waals surface area contributed by atoms with Crippen molar-refractivity contribution in [2.24, 2.45) is 0 Å². The lowest BCUT2D eigenvalue weighted by molar-refractivity contribution is 0.0819. The van der Waals surface area contributed by atoms with Crippen LogP contribution in [-0.2, 0) is 11.3 Å². The number of nitrogens with one attached hydrogen (secondary N) is 1. The van der Waals surface area contributed by atoms with Gasteiger partial charge >= 0.3 is 6.03 Å². The quantitative estimate of drug-likeness (QED) is 0.535. The second-order valence-electron chi connectivity index (χ2n) is 7.58. The Morgan fingerprint density at radius 2 is 1.94 bits per heavy atom. The Balaban J connectivity index is 1.41. The standard InChI is InChI=1S/C25H27N3O4/c1-30-23-8-2-3-9-24(23)32-21-12-10-20(11-13-21)27-25(29)28(18-22-7-5-15-31-22)17-19-6-4-14-26-16-19/h2-4,6,8-14,16,22H,5,7,15,17-18H2,1H3,(H,27,29)/t22-/m0/s1. The van der Waals surface area contributed by atoms with E-state index in [4.69, 9.17) is 14.2 Å². The highest BCUT2D eigenvalue weighted by Crippen LogP contribution is 2.31. The minimum Gasteiger partial charge on any atom is -0.493 e. The Kier molecular flexibility index (Phi) is 7.19. The van der Waals surface area contributed by atoms with Crippen molar-refractivity contribution >= 4 is 11.7 Å². The zero-order valence-electron chi connectivity index (χ0n) is 18.1. The largest absolute Gasteiger partial charge is 0.493 e. The molecule has 4 rings (SSSR count). The molecule has 32 heavy (non-hydrogen) atoms. The molecular formula is C25H27N3O4. The molecule has 0 radical (unpaired) electrons. The summed E-state index contributed by atoms with van der Waals surface area (Å²) in [4.78, 5) is 19.0. The molecule has 1 N–H and O–H groups in total. The lowest BCUT2D eigenvalue weighted by atomic mass is 10.2. The molecule has 1 saturated heterocycles. The number of rotatable bonds is 8. The molecule has 1 aliphatic heterocycles. The Morgan fingerprint density at radius 3 is 2.62 bits per heavy atom. The number of aromatic nitrogens is 1. The molecule has 1 atom stereocenters. The van der Waals surface area contributed by atoms with Crippen LogP contribution in [0.2, 0.25) is 0 Å². The molecule has 2 aromatic carbocycles. The van der Waals surface area contributed by atoms with Gasteiger partial charge in [0.05, 0.1) is 13.2 Å². The molecule has 166 valence electrons. The van der Waals surface area contributed by atoms with Gasteiger partial charge in [-0.25, -0.2) is 4.79 Å². The number of methoxy groups -OCH3 is 1. The van der Waals surface area contributed by atoms with Crippen molar-refractivity contribution in [3.63, 3.8) is 0 Å². The fourth-order valence-electron chi connectivity index (χ4n) is 3.60. The van der Waals surface area contributed by atoms with E-state index in [1.54, 1.807) is 24.4 Å². The van der Waals surface area contributed by atoms with Gasteiger partial charge in [-0.3, -0.25) is 4.98 Å². The van der Waals surface area contributed by atoms with Gasteiger partial charge in [0.1, 0.15) is 5.75 Å². The normalized spacial score (nSPS) is 15.2. The van der Waals surface area contributed by atoms with Crippen LogP contribution < -0.4 is 14.8 Å². The third-order valence-corrected chi connectivity index (χ3v) is 5.23. The van der Waals surface area contributed by atoms with E-state index in [0.717, 1.165) is 25.0 Å². The van der Waals surface area contributed by atoms with E-state index >= 15 is 0 Å². The second-order valence-corrected chi connectivity index (χ2v) is 7.58. The highest BCUT2D eigenvalue weighted by Gasteiger charge is 2.23. The molecule has 7 heteroatoms. The number of carbonyl (C=O) groups is 1. The maximum Gasteiger partial charge on any atom is 0.322 e. The van der Waals surface area contributed by atoms with Crippen LogP contribution >= 0.6 is 0 Å². The second kappa shape index (κ2) is 10.6. The molecule has 0 unspecified atom stereocenters. The molecule has 0 spiro atoms. The van der Waals surface area contributed by atoms with Crippen LogP contribution in [0, 0.1) is 0 Å². The third kappa shape index (κ3) is 5.76. The van der Waals surface area contributed by atoms with E-state index in [1.807, 2.05) is 60.7 Å².